The van der Waals surface area contributed by atoms with Crippen molar-refractivity contribution in [3.63, 3.8) is 0 Å². The molecule has 0 aromatic rings. The Balaban J connectivity index is 1.05. The van der Waals surface area contributed by atoms with Crippen LogP contribution in [-0.2, 0) is 80.6 Å². The van der Waals surface area contributed by atoms with E-state index >= 15 is 0 Å². The van der Waals surface area contributed by atoms with Gasteiger partial charge in [-0.25, -0.2) is 0 Å². The number of aliphatic hydroxyl groups is 23. The van der Waals surface area contributed by atoms with Gasteiger partial charge < -0.3 is 199 Å². The van der Waals surface area contributed by atoms with Crippen molar-refractivity contribution >= 4 is 11.8 Å². The first-order valence-corrected chi connectivity index (χ1v) is 30.0. The van der Waals surface area contributed by atoms with Crippen LogP contribution in [0.2, 0.25) is 0 Å². The number of hydrogen-bond acceptors (Lipinski definition) is 40. The standard InChI is InChI=1S/C52H88N2O40/c1-11-23(60)31(68)36(73)47(84-11)83-10-20-43(29(66)21(45(79)85-20)53-12(2)58)92-46-22(54-13(3)59)30(67)42(16(6-57)88-46)93-52-41(78)44(94-51-40(77)35(72)27(64)18(90-51)8-81-49-38(75)33(70)25(62)15(5-56)87-49)28(65)19(91-52)9-82-50-39(76)34(71)26(63)17(89-50)7-80-48-37(74)32(69)24(61)14(4-55)86-48/h11,14-52,55-57,60-79H,4-10H2,1-3H3,(H,53,58)(H,54,59)/t11-,14+,15+,16+,17+,18+,19+,20+,21+,22+,23+,24+,25+,26+,27+,28+,29+,30+,31+,32-,33-,34-,35-,36-,37-,38-,39-,40-,41-,42+,43+,44-,45+,46-,47-,48+,49+,50+,51-,52-/m0/s1. The van der Waals surface area contributed by atoms with Gasteiger partial charge in [0.2, 0.25) is 11.8 Å². The Labute approximate surface area is 532 Å². The third kappa shape index (κ3) is 16.9. The van der Waals surface area contributed by atoms with E-state index in [1.165, 1.54) is 6.92 Å². The first-order valence-electron chi connectivity index (χ1n) is 30.0. The summed E-state index contributed by atoms with van der Waals surface area (Å²) >= 11 is 0. The van der Waals surface area contributed by atoms with Crippen LogP contribution >= 0.6 is 0 Å². The number of aliphatic hydroxyl groups excluding tert-OH is 23. The average Bonchev–Trinajstić information content (AvgIpc) is 0.831. The zero-order valence-corrected chi connectivity index (χ0v) is 50.3. The number of rotatable bonds is 23. The molecule has 94 heavy (non-hydrogen) atoms. The average molecular weight is 1380 g/mol. The van der Waals surface area contributed by atoms with Gasteiger partial charge in [0.25, 0.3) is 0 Å². The maximum atomic E-state index is 12.9. The molecule has 0 aromatic carbocycles. The van der Waals surface area contributed by atoms with Crippen LogP contribution in [0.5, 0.6) is 0 Å². The van der Waals surface area contributed by atoms with E-state index in [4.69, 9.17) is 71.1 Å². The molecule has 0 bridgehead atoms. The first kappa shape index (κ1) is 77.2. The molecule has 42 heteroatoms. The Morgan fingerprint density at radius 2 is 0.606 bits per heavy atom. The summed E-state index contributed by atoms with van der Waals surface area (Å²) in [6.07, 6.45) is -73.7. The quantitative estimate of drug-likeness (QED) is 0.0452. The molecule has 40 atom stereocenters. The highest BCUT2D eigenvalue weighted by atomic mass is 16.8. The summed E-state index contributed by atoms with van der Waals surface area (Å²) in [4.78, 5) is 25.2. The molecule has 8 rings (SSSR count). The fourth-order valence-corrected chi connectivity index (χ4v) is 11.8. The molecule has 0 aliphatic carbocycles. The van der Waals surface area contributed by atoms with E-state index in [1.54, 1.807) is 0 Å². The molecule has 0 spiro atoms. The summed E-state index contributed by atoms with van der Waals surface area (Å²) in [5.41, 5.74) is 0. The number of carbonyl (C=O) groups is 2. The van der Waals surface area contributed by atoms with Gasteiger partial charge in [-0.3, -0.25) is 9.59 Å². The molecule has 8 saturated heterocycles. The van der Waals surface area contributed by atoms with Crippen molar-refractivity contribution in [3.8, 4) is 0 Å². The Hall–Kier alpha value is -2.58. The fourth-order valence-electron chi connectivity index (χ4n) is 11.8. The Bertz CT molecular complexity index is 2370. The molecule has 42 nitrogen and oxygen atoms in total. The molecular weight excluding hydrogens is 1290 g/mol. The predicted octanol–water partition coefficient (Wildman–Crippen LogP) is -17.1. The molecule has 546 valence electrons. The van der Waals surface area contributed by atoms with Crippen molar-refractivity contribution < 1.29 is 198 Å². The fraction of sp³-hybridized carbons (Fsp3) is 0.962. The highest BCUT2D eigenvalue weighted by molar-refractivity contribution is 5.73. The maximum Gasteiger partial charge on any atom is 0.217 e. The van der Waals surface area contributed by atoms with E-state index in [9.17, 15) is 127 Å². The zero-order chi connectivity index (χ0) is 69.2. The second-order valence-corrected chi connectivity index (χ2v) is 24.0. The van der Waals surface area contributed by atoms with Crippen LogP contribution in [0.4, 0.5) is 0 Å². The number of nitrogens with one attached hydrogen (secondary N) is 2. The molecule has 0 radical (unpaired) electrons. The molecule has 0 aromatic heterocycles. The summed E-state index contributed by atoms with van der Waals surface area (Å²) < 4.78 is 85.9. The molecule has 0 unspecified atom stereocenters. The highest BCUT2D eigenvalue weighted by Crippen LogP contribution is 2.37. The van der Waals surface area contributed by atoms with Crippen molar-refractivity contribution in [1.82, 2.24) is 10.6 Å². The van der Waals surface area contributed by atoms with E-state index in [-0.39, 0.29) is 0 Å². The smallest absolute Gasteiger partial charge is 0.217 e. The number of carbonyl (C=O) groups excluding carboxylic acids is 2. The van der Waals surface area contributed by atoms with Gasteiger partial charge in [0.15, 0.2) is 50.3 Å². The maximum absolute atomic E-state index is 12.9. The predicted molar refractivity (Wildman–Crippen MR) is 286 cm³/mol. The Morgan fingerprint density at radius 1 is 0.298 bits per heavy atom. The van der Waals surface area contributed by atoms with E-state index in [2.05, 4.69) is 10.6 Å². The van der Waals surface area contributed by atoms with Crippen molar-refractivity contribution in [2.75, 3.05) is 46.2 Å². The van der Waals surface area contributed by atoms with Gasteiger partial charge in [-0.1, -0.05) is 0 Å². The molecule has 8 heterocycles. The minimum atomic E-state index is -2.42. The second-order valence-electron chi connectivity index (χ2n) is 24.0. The largest absolute Gasteiger partial charge is 0.394 e. The molecule has 8 aliphatic heterocycles. The molecule has 25 N–H and O–H groups in total. The van der Waals surface area contributed by atoms with Gasteiger partial charge in [0.05, 0.1) is 52.4 Å². The lowest BCUT2D eigenvalue weighted by molar-refractivity contribution is -0.386. The van der Waals surface area contributed by atoms with Crippen LogP contribution in [0.25, 0.3) is 0 Å². The van der Waals surface area contributed by atoms with E-state index in [0.717, 1.165) is 13.8 Å². The molecule has 8 fully saturated rings. The lowest BCUT2D eigenvalue weighted by Gasteiger charge is -2.50. The van der Waals surface area contributed by atoms with E-state index < -0.39 is 304 Å². The Kier molecular flexibility index (Phi) is 27.3. The third-order valence-electron chi connectivity index (χ3n) is 17.3. The van der Waals surface area contributed by atoms with Gasteiger partial charge in [-0.15, -0.1) is 0 Å². The van der Waals surface area contributed by atoms with Crippen molar-refractivity contribution in [3.05, 3.63) is 0 Å². The highest BCUT2D eigenvalue weighted by Gasteiger charge is 2.58. The third-order valence-corrected chi connectivity index (χ3v) is 17.3. The van der Waals surface area contributed by atoms with E-state index in [0.29, 0.717) is 0 Å². The first-order chi connectivity index (χ1) is 44.3. The van der Waals surface area contributed by atoms with Gasteiger partial charge in [0.1, 0.15) is 189 Å². The lowest BCUT2D eigenvalue weighted by atomic mass is 9.94. The minimum Gasteiger partial charge on any atom is -0.394 e. The topological polar surface area (TPSA) is 662 Å². The molecule has 0 saturated carbocycles. The Morgan fingerprint density at radius 3 is 1.05 bits per heavy atom. The summed E-state index contributed by atoms with van der Waals surface area (Å²) in [5, 5.41) is 254. The van der Waals surface area contributed by atoms with Crippen LogP contribution in [0, 0.1) is 0 Å². The minimum absolute atomic E-state index is 0.789. The van der Waals surface area contributed by atoms with Gasteiger partial charge in [0, 0.05) is 13.8 Å². The molecule has 2 amide bonds. The van der Waals surface area contributed by atoms with Crippen molar-refractivity contribution in [2.45, 2.75) is 266 Å². The normalized spacial score (nSPS) is 51.2. The van der Waals surface area contributed by atoms with Gasteiger partial charge >= 0.3 is 0 Å². The van der Waals surface area contributed by atoms with Gasteiger partial charge in [-0.05, 0) is 6.92 Å². The second kappa shape index (κ2) is 33.3. The summed E-state index contributed by atoms with van der Waals surface area (Å²) in [7, 11) is 0. The molecular formula is C52H88N2O40. The molecule has 8 aliphatic rings. The van der Waals surface area contributed by atoms with E-state index in [1.807, 2.05) is 0 Å². The summed E-state index contributed by atoms with van der Waals surface area (Å²) in [5.74, 6) is -1.71. The van der Waals surface area contributed by atoms with Crippen LogP contribution in [-0.4, -0.2) is 421 Å². The SMILES string of the molecule is CC(=O)N[C@@H]1[C@@H](O)[C@H](O[C@@H]2O[C@H](CO)[C@@H](O[C@@H]3O[C@H](CO[C@@H]4O[C@H](CO[C@@H]5O[C@H](CO)[C@@H](O)[C@H](O)[C@@H]5O)[C@@H](O)[C@H](O)[C@@H]4O)[C@@H](O)[C@H](O[C@@H]4O[C@H](CO[C@@H]5O[C@H](CO)[C@@H](O)[C@H](O)[C@@H]5O)[C@@H](O)[C@H](O)[C@@H]4O)[C@@H]3O)[C@H](O)[C@H]2NC(C)=O)[C@@H](CO[C@H]2O[C@@H](C)[C@@H](O)[C@@H](O)[C@@H]2O)O[C@H]1O. The number of amides is 2. The monoisotopic (exact) mass is 1380 g/mol. The van der Waals surface area contributed by atoms with Crippen molar-refractivity contribution in [2.24, 2.45) is 0 Å². The van der Waals surface area contributed by atoms with Crippen LogP contribution in [0.1, 0.15) is 20.8 Å². The summed E-state index contributed by atoms with van der Waals surface area (Å²) in [6, 6.07) is -3.58. The number of ether oxygens (including phenoxy) is 15. The zero-order valence-electron chi connectivity index (χ0n) is 50.3. The van der Waals surface area contributed by atoms with Crippen LogP contribution in [0.15, 0.2) is 0 Å². The van der Waals surface area contributed by atoms with Crippen LogP contribution < -0.4 is 10.6 Å². The number of hydrogen-bond donors (Lipinski definition) is 25. The summed E-state index contributed by atoms with van der Waals surface area (Å²) in [6.45, 7) is -3.14. The van der Waals surface area contributed by atoms with Crippen molar-refractivity contribution in [1.29, 1.82) is 0 Å². The van der Waals surface area contributed by atoms with Gasteiger partial charge in [-0.2, -0.15) is 0 Å². The lowest BCUT2D eigenvalue weighted by Crippen LogP contribution is -2.70. The van der Waals surface area contributed by atoms with Crippen LogP contribution in [0.3, 0.4) is 0 Å².